The highest BCUT2D eigenvalue weighted by molar-refractivity contribution is 6.02. The second-order valence-corrected chi connectivity index (χ2v) is 3.46. The summed E-state index contributed by atoms with van der Waals surface area (Å²) in [5.74, 6) is -0.103. The summed E-state index contributed by atoms with van der Waals surface area (Å²) in [7, 11) is 0. The van der Waals surface area contributed by atoms with Crippen LogP contribution in [-0.2, 0) is 6.54 Å². The van der Waals surface area contributed by atoms with Gasteiger partial charge < -0.3 is 4.57 Å². The van der Waals surface area contributed by atoms with E-state index < -0.39 is 0 Å². The summed E-state index contributed by atoms with van der Waals surface area (Å²) in [4.78, 5) is 15.5. The molecule has 0 aliphatic heterocycles. The number of ketones is 1. The van der Waals surface area contributed by atoms with Crippen LogP contribution in [0.1, 0.15) is 16.1 Å². The van der Waals surface area contributed by atoms with Gasteiger partial charge in [0.15, 0.2) is 0 Å². The van der Waals surface area contributed by atoms with E-state index in [-0.39, 0.29) is 5.78 Å². The molecule has 0 N–H and O–H groups in total. The first-order valence-corrected chi connectivity index (χ1v) is 5.02. The molecule has 80 valence electrons. The summed E-state index contributed by atoms with van der Waals surface area (Å²) in [6, 6.07) is 9.94. The van der Waals surface area contributed by atoms with E-state index >= 15 is 0 Å². The van der Waals surface area contributed by atoms with E-state index in [2.05, 4.69) is 11.6 Å². The van der Waals surface area contributed by atoms with Gasteiger partial charge in [-0.1, -0.05) is 36.9 Å². The van der Waals surface area contributed by atoms with Gasteiger partial charge in [0.25, 0.3) is 0 Å². The molecule has 0 fully saturated rings. The van der Waals surface area contributed by atoms with Crippen LogP contribution in [-0.4, -0.2) is 15.3 Å². The van der Waals surface area contributed by atoms with E-state index in [9.17, 15) is 4.79 Å². The van der Waals surface area contributed by atoms with E-state index in [0.717, 1.165) is 5.56 Å². The molecule has 1 aromatic heterocycles. The number of carbonyl (C=O) groups is 1. The normalized spacial score (nSPS) is 10.0. The molecule has 0 amide bonds. The molecule has 0 radical (unpaired) electrons. The average Bonchev–Trinajstić information content (AvgIpc) is 2.77. The SMILES string of the molecule is C=CC(=O)c1cncn1Cc1ccccc1. The number of rotatable bonds is 4. The second kappa shape index (κ2) is 4.57. The zero-order valence-corrected chi connectivity index (χ0v) is 8.84. The lowest BCUT2D eigenvalue weighted by Crippen LogP contribution is -2.07. The molecule has 0 atom stereocenters. The molecule has 3 heteroatoms. The molecule has 2 aromatic rings. The standard InChI is InChI=1S/C13H12N2O/c1-2-13(16)12-8-14-10-15(12)9-11-6-4-3-5-7-11/h2-8,10H,1,9H2. The van der Waals surface area contributed by atoms with Gasteiger partial charge in [-0.2, -0.15) is 0 Å². The maximum absolute atomic E-state index is 11.5. The molecule has 0 saturated carbocycles. The zero-order chi connectivity index (χ0) is 11.4. The fourth-order valence-corrected chi connectivity index (χ4v) is 1.54. The summed E-state index contributed by atoms with van der Waals surface area (Å²) in [6.45, 7) is 4.12. The van der Waals surface area contributed by atoms with Gasteiger partial charge in [-0.25, -0.2) is 4.98 Å². The monoisotopic (exact) mass is 212 g/mol. The predicted molar refractivity (Wildman–Crippen MR) is 62.3 cm³/mol. The Balaban J connectivity index is 2.26. The van der Waals surface area contributed by atoms with Crippen molar-refractivity contribution < 1.29 is 4.79 Å². The van der Waals surface area contributed by atoms with Gasteiger partial charge in [-0.05, 0) is 11.6 Å². The van der Waals surface area contributed by atoms with Crippen molar-refractivity contribution in [2.75, 3.05) is 0 Å². The van der Waals surface area contributed by atoms with Crippen LogP contribution in [0.4, 0.5) is 0 Å². The van der Waals surface area contributed by atoms with Crippen molar-refractivity contribution in [2.45, 2.75) is 6.54 Å². The third-order valence-electron chi connectivity index (χ3n) is 2.35. The molecular weight excluding hydrogens is 200 g/mol. The smallest absolute Gasteiger partial charge is 0.203 e. The van der Waals surface area contributed by atoms with E-state index in [0.29, 0.717) is 12.2 Å². The largest absolute Gasteiger partial charge is 0.323 e. The number of aromatic nitrogens is 2. The third kappa shape index (κ3) is 2.08. The molecular formula is C13H12N2O. The minimum atomic E-state index is -0.103. The van der Waals surface area contributed by atoms with Gasteiger partial charge in [-0.3, -0.25) is 4.79 Å². The molecule has 2 rings (SSSR count). The van der Waals surface area contributed by atoms with Gasteiger partial charge in [0.1, 0.15) is 5.69 Å². The molecule has 16 heavy (non-hydrogen) atoms. The van der Waals surface area contributed by atoms with Crippen LogP contribution in [0.15, 0.2) is 55.5 Å². The van der Waals surface area contributed by atoms with Crippen LogP contribution in [0, 0.1) is 0 Å². The Morgan fingerprint density at radius 2 is 2.12 bits per heavy atom. The van der Waals surface area contributed by atoms with Crippen LogP contribution in [0.25, 0.3) is 0 Å². The summed E-state index contributed by atoms with van der Waals surface area (Å²) in [5, 5.41) is 0. The van der Waals surface area contributed by atoms with Gasteiger partial charge in [0.05, 0.1) is 12.5 Å². The Morgan fingerprint density at radius 1 is 1.38 bits per heavy atom. The number of nitrogens with zero attached hydrogens (tertiary/aromatic N) is 2. The maximum atomic E-state index is 11.5. The Hall–Kier alpha value is -2.16. The van der Waals surface area contributed by atoms with Gasteiger partial charge in [0.2, 0.25) is 5.78 Å². The van der Waals surface area contributed by atoms with Gasteiger partial charge in [-0.15, -0.1) is 0 Å². The van der Waals surface area contributed by atoms with E-state index in [1.807, 2.05) is 34.9 Å². The van der Waals surface area contributed by atoms with Crippen molar-refractivity contribution in [2.24, 2.45) is 0 Å². The average molecular weight is 212 g/mol. The van der Waals surface area contributed by atoms with Crippen LogP contribution < -0.4 is 0 Å². The Bertz CT molecular complexity index is 500. The second-order valence-electron chi connectivity index (χ2n) is 3.46. The highest BCUT2D eigenvalue weighted by atomic mass is 16.1. The summed E-state index contributed by atoms with van der Waals surface area (Å²) >= 11 is 0. The quantitative estimate of drug-likeness (QED) is 0.575. The zero-order valence-electron chi connectivity index (χ0n) is 8.84. The molecule has 0 saturated heterocycles. The van der Waals surface area contributed by atoms with Crippen molar-refractivity contribution in [3.8, 4) is 0 Å². The first kappa shape index (κ1) is 10.4. The van der Waals surface area contributed by atoms with Crippen molar-refractivity contribution in [3.63, 3.8) is 0 Å². The molecule has 0 unspecified atom stereocenters. The summed E-state index contributed by atoms with van der Waals surface area (Å²) in [6.07, 6.45) is 4.52. The lowest BCUT2D eigenvalue weighted by Gasteiger charge is -2.05. The first-order chi connectivity index (χ1) is 7.81. The van der Waals surface area contributed by atoms with Gasteiger partial charge >= 0.3 is 0 Å². The molecule has 0 spiro atoms. The Morgan fingerprint density at radius 3 is 2.81 bits per heavy atom. The Kier molecular flexibility index (Phi) is 2.96. The van der Waals surface area contributed by atoms with Crippen LogP contribution >= 0.6 is 0 Å². The van der Waals surface area contributed by atoms with Crippen molar-refractivity contribution in [1.29, 1.82) is 0 Å². The fraction of sp³-hybridized carbons (Fsp3) is 0.0769. The van der Waals surface area contributed by atoms with E-state index in [4.69, 9.17) is 0 Å². The topological polar surface area (TPSA) is 34.9 Å². The third-order valence-corrected chi connectivity index (χ3v) is 2.35. The van der Waals surface area contributed by atoms with Gasteiger partial charge in [0, 0.05) is 6.54 Å². The maximum Gasteiger partial charge on any atom is 0.203 e. The summed E-state index contributed by atoms with van der Waals surface area (Å²) in [5.41, 5.74) is 1.71. The number of benzene rings is 1. The molecule has 1 aromatic carbocycles. The van der Waals surface area contributed by atoms with E-state index in [1.165, 1.54) is 6.08 Å². The minimum absolute atomic E-state index is 0.103. The van der Waals surface area contributed by atoms with Crippen LogP contribution in [0.5, 0.6) is 0 Å². The van der Waals surface area contributed by atoms with Crippen molar-refractivity contribution >= 4 is 5.78 Å². The summed E-state index contributed by atoms with van der Waals surface area (Å²) < 4.78 is 1.82. The highest BCUT2D eigenvalue weighted by Gasteiger charge is 2.08. The predicted octanol–water partition coefficient (Wildman–Crippen LogP) is 2.30. The number of allylic oxidation sites excluding steroid dienone is 1. The molecule has 1 heterocycles. The number of hydrogen-bond acceptors (Lipinski definition) is 2. The van der Waals surface area contributed by atoms with Crippen LogP contribution in [0.3, 0.4) is 0 Å². The minimum Gasteiger partial charge on any atom is -0.323 e. The lowest BCUT2D eigenvalue weighted by atomic mass is 10.2. The highest BCUT2D eigenvalue weighted by Crippen LogP contribution is 2.07. The Labute approximate surface area is 94.1 Å². The van der Waals surface area contributed by atoms with Crippen LogP contribution in [0.2, 0.25) is 0 Å². The molecule has 3 nitrogen and oxygen atoms in total. The molecule has 0 aliphatic rings. The fourth-order valence-electron chi connectivity index (χ4n) is 1.54. The number of imidazole rings is 1. The number of carbonyl (C=O) groups excluding carboxylic acids is 1. The van der Waals surface area contributed by atoms with E-state index in [1.54, 1.807) is 12.5 Å². The van der Waals surface area contributed by atoms with Crippen molar-refractivity contribution in [3.05, 3.63) is 66.8 Å². The van der Waals surface area contributed by atoms with Crippen molar-refractivity contribution in [1.82, 2.24) is 9.55 Å². The number of hydrogen-bond donors (Lipinski definition) is 0. The first-order valence-electron chi connectivity index (χ1n) is 5.02. The lowest BCUT2D eigenvalue weighted by molar-refractivity contribution is 0.103. The molecule has 0 bridgehead atoms. The molecule has 0 aliphatic carbocycles.